The van der Waals surface area contributed by atoms with Crippen molar-refractivity contribution in [3.05, 3.63) is 0 Å². The highest BCUT2D eigenvalue weighted by atomic mass is 16.4. The maximum Gasteiger partial charge on any atom is 0.306 e. The first-order valence-corrected chi connectivity index (χ1v) is 8.37. The molecule has 5 nitrogen and oxygen atoms in total. The first-order valence-electron chi connectivity index (χ1n) is 8.37. The van der Waals surface area contributed by atoms with Crippen molar-refractivity contribution < 1.29 is 14.7 Å². The van der Waals surface area contributed by atoms with Gasteiger partial charge in [-0.05, 0) is 38.0 Å². The molecule has 1 heterocycles. The molecule has 0 bridgehead atoms. The average Bonchev–Trinajstić information content (AvgIpc) is 3.31. The van der Waals surface area contributed by atoms with Crippen LogP contribution in [0.1, 0.15) is 38.5 Å². The van der Waals surface area contributed by atoms with Crippen LogP contribution in [0.2, 0.25) is 0 Å². The van der Waals surface area contributed by atoms with Crippen LogP contribution in [0.4, 0.5) is 0 Å². The lowest BCUT2D eigenvalue weighted by Gasteiger charge is -2.37. The zero-order chi connectivity index (χ0) is 14.8. The zero-order valence-corrected chi connectivity index (χ0v) is 12.7. The van der Waals surface area contributed by atoms with Crippen molar-refractivity contribution in [1.82, 2.24) is 9.80 Å². The summed E-state index contributed by atoms with van der Waals surface area (Å²) < 4.78 is 0. The SMILES string of the molecule is O=C(O)C1CCCC(C(=O)N2CCN(CC3CC3)CC2)C1. The number of carboxylic acid groups (broad SMARTS) is 1. The lowest BCUT2D eigenvalue weighted by atomic mass is 9.80. The van der Waals surface area contributed by atoms with E-state index >= 15 is 0 Å². The third-order valence-electron chi connectivity index (χ3n) is 5.27. The summed E-state index contributed by atoms with van der Waals surface area (Å²) in [5.74, 6) is -0.00520. The van der Waals surface area contributed by atoms with Crippen molar-refractivity contribution in [2.45, 2.75) is 38.5 Å². The number of carbonyl (C=O) groups excluding carboxylic acids is 1. The Balaban J connectivity index is 1.47. The van der Waals surface area contributed by atoms with E-state index in [1.807, 2.05) is 4.90 Å². The first-order chi connectivity index (χ1) is 10.1. The molecule has 5 heteroatoms. The number of nitrogens with zero attached hydrogens (tertiary/aromatic N) is 2. The van der Waals surface area contributed by atoms with Gasteiger partial charge < -0.3 is 10.0 Å². The van der Waals surface area contributed by atoms with Crippen molar-refractivity contribution in [2.24, 2.45) is 17.8 Å². The van der Waals surface area contributed by atoms with Gasteiger partial charge in [0.2, 0.25) is 5.91 Å². The van der Waals surface area contributed by atoms with Gasteiger partial charge in [0.1, 0.15) is 0 Å². The fourth-order valence-electron chi connectivity index (χ4n) is 3.71. The summed E-state index contributed by atoms with van der Waals surface area (Å²) in [6.45, 7) is 4.81. The number of rotatable bonds is 4. The Morgan fingerprint density at radius 3 is 2.24 bits per heavy atom. The van der Waals surface area contributed by atoms with E-state index in [4.69, 9.17) is 5.11 Å². The van der Waals surface area contributed by atoms with Gasteiger partial charge in [0.05, 0.1) is 5.92 Å². The number of piperazine rings is 1. The standard InChI is InChI=1S/C16H26N2O3/c19-15(13-2-1-3-14(10-13)16(20)21)18-8-6-17(7-9-18)11-12-4-5-12/h12-14H,1-11H2,(H,20,21). The molecule has 2 atom stereocenters. The summed E-state index contributed by atoms with van der Waals surface area (Å²) in [4.78, 5) is 28.1. The largest absolute Gasteiger partial charge is 0.481 e. The molecular weight excluding hydrogens is 268 g/mol. The fourth-order valence-corrected chi connectivity index (χ4v) is 3.71. The number of carbonyl (C=O) groups is 2. The number of carboxylic acids is 1. The van der Waals surface area contributed by atoms with Gasteiger partial charge in [-0.1, -0.05) is 6.42 Å². The second-order valence-corrected chi connectivity index (χ2v) is 6.97. The Bertz CT molecular complexity index is 400. The third-order valence-corrected chi connectivity index (χ3v) is 5.27. The van der Waals surface area contributed by atoms with Crippen molar-refractivity contribution >= 4 is 11.9 Å². The molecule has 3 aliphatic rings. The summed E-state index contributed by atoms with van der Waals surface area (Å²) in [5, 5.41) is 9.14. The molecule has 1 aliphatic heterocycles. The Morgan fingerprint density at radius 1 is 0.952 bits per heavy atom. The van der Waals surface area contributed by atoms with Crippen molar-refractivity contribution in [3.8, 4) is 0 Å². The maximum atomic E-state index is 12.6. The van der Waals surface area contributed by atoms with Crippen LogP contribution in [0.15, 0.2) is 0 Å². The molecule has 1 N–H and O–H groups in total. The number of aliphatic carboxylic acids is 1. The molecule has 21 heavy (non-hydrogen) atoms. The molecule has 3 fully saturated rings. The normalized spacial score (nSPS) is 31.1. The topological polar surface area (TPSA) is 60.9 Å². The van der Waals surface area contributed by atoms with Crippen molar-refractivity contribution in [2.75, 3.05) is 32.7 Å². The Hall–Kier alpha value is -1.10. The van der Waals surface area contributed by atoms with E-state index in [2.05, 4.69) is 4.90 Å². The number of hydrogen-bond acceptors (Lipinski definition) is 3. The van der Waals surface area contributed by atoms with Gasteiger partial charge in [0.25, 0.3) is 0 Å². The Kier molecular flexibility index (Phi) is 4.48. The predicted octanol–water partition coefficient (Wildman–Crippen LogP) is 1.43. The van der Waals surface area contributed by atoms with Crippen LogP contribution in [0.25, 0.3) is 0 Å². The number of hydrogen-bond donors (Lipinski definition) is 1. The second-order valence-electron chi connectivity index (χ2n) is 6.97. The lowest BCUT2D eigenvalue weighted by molar-refractivity contribution is -0.146. The molecule has 0 radical (unpaired) electrons. The van der Waals surface area contributed by atoms with Crippen LogP contribution in [0.3, 0.4) is 0 Å². The Morgan fingerprint density at radius 2 is 1.62 bits per heavy atom. The van der Waals surface area contributed by atoms with Crippen molar-refractivity contribution in [3.63, 3.8) is 0 Å². The van der Waals surface area contributed by atoms with Gasteiger partial charge in [-0.25, -0.2) is 0 Å². The van der Waals surface area contributed by atoms with Gasteiger partial charge in [0.15, 0.2) is 0 Å². The smallest absolute Gasteiger partial charge is 0.306 e. The molecule has 0 aromatic carbocycles. The van der Waals surface area contributed by atoms with E-state index in [0.717, 1.165) is 51.4 Å². The Labute approximate surface area is 126 Å². The van der Waals surface area contributed by atoms with Gasteiger partial charge in [-0.15, -0.1) is 0 Å². The molecular formula is C16H26N2O3. The summed E-state index contributed by atoms with van der Waals surface area (Å²) in [6.07, 6.45) is 5.75. The zero-order valence-electron chi connectivity index (χ0n) is 12.7. The number of amides is 1. The van der Waals surface area contributed by atoms with Gasteiger partial charge in [0, 0.05) is 38.6 Å². The van der Waals surface area contributed by atoms with Crippen LogP contribution < -0.4 is 0 Å². The van der Waals surface area contributed by atoms with Crippen LogP contribution in [0, 0.1) is 17.8 Å². The quantitative estimate of drug-likeness (QED) is 0.852. The summed E-state index contributed by atoms with van der Waals surface area (Å²) in [5.41, 5.74) is 0. The molecule has 1 saturated heterocycles. The minimum atomic E-state index is -0.734. The first kappa shape index (κ1) is 14.8. The van der Waals surface area contributed by atoms with Gasteiger partial charge in [-0.3, -0.25) is 14.5 Å². The molecule has 0 aromatic rings. The van der Waals surface area contributed by atoms with E-state index in [9.17, 15) is 9.59 Å². The van der Waals surface area contributed by atoms with Crippen LogP contribution in [0.5, 0.6) is 0 Å². The summed E-state index contributed by atoms with van der Waals surface area (Å²) >= 11 is 0. The molecule has 0 spiro atoms. The molecule has 0 aromatic heterocycles. The van der Waals surface area contributed by atoms with E-state index in [-0.39, 0.29) is 17.7 Å². The van der Waals surface area contributed by atoms with Gasteiger partial charge in [-0.2, -0.15) is 0 Å². The third kappa shape index (κ3) is 3.76. The molecule has 2 aliphatic carbocycles. The molecule has 1 amide bonds. The highest BCUT2D eigenvalue weighted by Gasteiger charge is 2.34. The predicted molar refractivity (Wildman–Crippen MR) is 78.8 cm³/mol. The van der Waals surface area contributed by atoms with Crippen LogP contribution in [-0.2, 0) is 9.59 Å². The van der Waals surface area contributed by atoms with E-state index in [1.54, 1.807) is 0 Å². The maximum absolute atomic E-state index is 12.6. The van der Waals surface area contributed by atoms with E-state index in [0.29, 0.717) is 6.42 Å². The van der Waals surface area contributed by atoms with E-state index in [1.165, 1.54) is 19.4 Å². The van der Waals surface area contributed by atoms with Crippen LogP contribution >= 0.6 is 0 Å². The van der Waals surface area contributed by atoms with Gasteiger partial charge >= 0.3 is 5.97 Å². The average molecular weight is 294 g/mol. The molecule has 118 valence electrons. The highest BCUT2D eigenvalue weighted by Crippen LogP contribution is 2.32. The molecule has 2 unspecified atom stereocenters. The summed E-state index contributed by atoms with van der Waals surface area (Å²) in [7, 11) is 0. The minimum Gasteiger partial charge on any atom is -0.481 e. The monoisotopic (exact) mass is 294 g/mol. The van der Waals surface area contributed by atoms with E-state index < -0.39 is 5.97 Å². The summed E-state index contributed by atoms with van der Waals surface area (Å²) in [6, 6.07) is 0. The second kappa shape index (κ2) is 6.34. The lowest BCUT2D eigenvalue weighted by Crippen LogP contribution is -2.51. The minimum absolute atomic E-state index is 0.0603. The fraction of sp³-hybridized carbons (Fsp3) is 0.875. The van der Waals surface area contributed by atoms with Crippen LogP contribution in [-0.4, -0.2) is 59.5 Å². The molecule has 3 rings (SSSR count). The van der Waals surface area contributed by atoms with Crippen molar-refractivity contribution in [1.29, 1.82) is 0 Å². The highest BCUT2D eigenvalue weighted by molar-refractivity contribution is 5.80. The molecule has 2 saturated carbocycles.